The van der Waals surface area contributed by atoms with Gasteiger partial charge in [0.05, 0.1) is 41.1 Å². The standard InChI is InChI=1S/C22H35N3O6/c1-15(2)10-17(25-6-8-31-9-7-25)13-23-20(26)14-24-22(27)16-11-18(28-3)21(30-5)19(12-16)29-4/h11-12,15,17H,6-10,13-14H2,1-5H3,(H,23,26)(H,24,27). The summed E-state index contributed by atoms with van der Waals surface area (Å²) >= 11 is 0. The summed E-state index contributed by atoms with van der Waals surface area (Å²) in [5.41, 5.74) is 0.313. The molecule has 2 rings (SSSR count). The highest BCUT2D eigenvalue weighted by Crippen LogP contribution is 2.38. The third-order valence-electron chi connectivity index (χ3n) is 5.18. The molecule has 9 heteroatoms. The van der Waals surface area contributed by atoms with Crippen LogP contribution in [-0.2, 0) is 9.53 Å². The number of methoxy groups -OCH3 is 3. The molecule has 0 saturated carbocycles. The zero-order valence-corrected chi connectivity index (χ0v) is 19.2. The molecule has 2 N–H and O–H groups in total. The average Bonchev–Trinajstić information content (AvgIpc) is 2.79. The molecule has 9 nitrogen and oxygen atoms in total. The van der Waals surface area contributed by atoms with E-state index < -0.39 is 5.91 Å². The fourth-order valence-electron chi connectivity index (χ4n) is 3.62. The molecule has 1 aromatic carbocycles. The van der Waals surface area contributed by atoms with E-state index in [0.717, 1.165) is 19.5 Å². The molecule has 1 saturated heterocycles. The van der Waals surface area contributed by atoms with Crippen LogP contribution in [-0.4, -0.2) is 83.5 Å². The molecular formula is C22H35N3O6. The Morgan fingerprint density at radius 2 is 1.65 bits per heavy atom. The number of rotatable bonds is 11. The Balaban J connectivity index is 1.91. The zero-order valence-electron chi connectivity index (χ0n) is 19.2. The highest BCUT2D eigenvalue weighted by Gasteiger charge is 2.23. The lowest BCUT2D eigenvalue weighted by Gasteiger charge is -2.35. The fraction of sp³-hybridized carbons (Fsp3) is 0.636. The van der Waals surface area contributed by atoms with Gasteiger partial charge in [0.1, 0.15) is 0 Å². The van der Waals surface area contributed by atoms with Gasteiger partial charge in [-0.15, -0.1) is 0 Å². The zero-order chi connectivity index (χ0) is 22.8. The first-order valence-electron chi connectivity index (χ1n) is 10.6. The highest BCUT2D eigenvalue weighted by molar-refractivity contribution is 5.97. The van der Waals surface area contributed by atoms with Crippen molar-refractivity contribution in [2.24, 2.45) is 5.92 Å². The minimum atomic E-state index is -0.402. The Bertz CT molecular complexity index is 709. The van der Waals surface area contributed by atoms with Crippen molar-refractivity contribution in [1.82, 2.24) is 15.5 Å². The van der Waals surface area contributed by atoms with Crippen molar-refractivity contribution in [3.05, 3.63) is 17.7 Å². The monoisotopic (exact) mass is 437 g/mol. The lowest BCUT2D eigenvalue weighted by Crippen LogP contribution is -2.50. The molecule has 1 fully saturated rings. The summed E-state index contributed by atoms with van der Waals surface area (Å²) in [6.07, 6.45) is 0.984. The van der Waals surface area contributed by atoms with Crippen LogP contribution in [0.1, 0.15) is 30.6 Å². The molecule has 1 heterocycles. The van der Waals surface area contributed by atoms with Crippen LogP contribution in [0.2, 0.25) is 0 Å². The van der Waals surface area contributed by atoms with Gasteiger partial charge in [-0.2, -0.15) is 0 Å². The van der Waals surface area contributed by atoms with Crippen molar-refractivity contribution in [1.29, 1.82) is 0 Å². The van der Waals surface area contributed by atoms with Crippen LogP contribution in [0.15, 0.2) is 12.1 Å². The molecule has 2 amide bonds. The van der Waals surface area contributed by atoms with E-state index in [-0.39, 0.29) is 18.5 Å². The van der Waals surface area contributed by atoms with Crippen LogP contribution in [0.5, 0.6) is 17.2 Å². The summed E-state index contributed by atoms with van der Waals surface area (Å²) in [7, 11) is 4.46. The number of carbonyl (C=O) groups is 2. The van der Waals surface area contributed by atoms with Crippen molar-refractivity contribution in [2.45, 2.75) is 26.3 Å². The van der Waals surface area contributed by atoms with Crippen molar-refractivity contribution < 1.29 is 28.5 Å². The predicted molar refractivity (Wildman–Crippen MR) is 117 cm³/mol. The predicted octanol–water partition coefficient (Wildman–Crippen LogP) is 1.31. The first kappa shape index (κ1) is 24.7. The maximum atomic E-state index is 12.6. The molecular weight excluding hydrogens is 402 g/mol. The quantitative estimate of drug-likeness (QED) is 0.539. The summed E-state index contributed by atoms with van der Waals surface area (Å²) < 4.78 is 21.2. The normalized spacial score (nSPS) is 15.3. The molecule has 1 aliphatic heterocycles. The number of morpholine rings is 1. The maximum absolute atomic E-state index is 12.6. The van der Waals surface area contributed by atoms with Gasteiger partial charge in [-0.05, 0) is 24.5 Å². The van der Waals surface area contributed by atoms with E-state index in [1.807, 2.05) is 0 Å². The van der Waals surface area contributed by atoms with Crippen LogP contribution < -0.4 is 24.8 Å². The number of hydrogen-bond acceptors (Lipinski definition) is 7. The minimum absolute atomic E-state index is 0.118. The van der Waals surface area contributed by atoms with Crippen molar-refractivity contribution in [3.63, 3.8) is 0 Å². The average molecular weight is 438 g/mol. The van der Waals surface area contributed by atoms with E-state index in [0.29, 0.717) is 48.5 Å². The van der Waals surface area contributed by atoms with Crippen LogP contribution >= 0.6 is 0 Å². The second-order valence-corrected chi connectivity index (χ2v) is 7.83. The molecule has 1 unspecified atom stereocenters. The molecule has 31 heavy (non-hydrogen) atoms. The number of hydrogen-bond donors (Lipinski definition) is 2. The third kappa shape index (κ3) is 7.29. The van der Waals surface area contributed by atoms with E-state index >= 15 is 0 Å². The molecule has 0 spiro atoms. The van der Waals surface area contributed by atoms with E-state index in [1.165, 1.54) is 21.3 Å². The number of nitrogens with one attached hydrogen (secondary N) is 2. The third-order valence-corrected chi connectivity index (χ3v) is 5.18. The highest BCUT2D eigenvalue weighted by atomic mass is 16.5. The topological polar surface area (TPSA) is 98.4 Å². The first-order chi connectivity index (χ1) is 14.9. The largest absolute Gasteiger partial charge is 0.493 e. The lowest BCUT2D eigenvalue weighted by molar-refractivity contribution is -0.120. The number of ether oxygens (including phenoxy) is 4. The first-order valence-corrected chi connectivity index (χ1v) is 10.6. The molecule has 1 aliphatic rings. The van der Waals surface area contributed by atoms with Gasteiger partial charge in [-0.25, -0.2) is 0 Å². The van der Waals surface area contributed by atoms with Crippen LogP contribution in [0.25, 0.3) is 0 Å². The van der Waals surface area contributed by atoms with E-state index in [2.05, 4.69) is 29.4 Å². The number of nitrogens with zero attached hydrogens (tertiary/aromatic N) is 1. The molecule has 0 aromatic heterocycles. The molecule has 174 valence electrons. The van der Waals surface area contributed by atoms with Gasteiger partial charge in [0.25, 0.3) is 5.91 Å². The van der Waals surface area contributed by atoms with Crippen molar-refractivity contribution in [3.8, 4) is 17.2 Å². The summed E-state index contributed by atoms with van der Waals surface area (Å²) in [5, 5.41) is 5.60. The Morgan fingerprint density at radius 3 is 2.16 bits per heavy atom. The van der Waals surface area contributed by atoms with Crippen molar-refractivity contribution in [2.75, 3.05) is 60.7 Å². The number of benzene rings is 1. The molecule has 0 bridgehead atoms. The molecule has 0 aliphatic carbocycles. The SMILES string of the molecule is COc1cc(C(=O)NCC(=O)NCC(CC(C)C)N2CCOCC2)cc(OC)c1OC. The summed E-state index contributed by atoms with van der Waals surface area (Å²) in [6, 6.07) is 3.34. The number of amides is 2. The van der Waals surface area contributed by atoms with Gasteiger partial charge in [0.2, 0.25) is 11.7 Å². The molecule has 1 aromatic rings. The smallest absolute Gasteiger partial charge is 0.251 e. The van der Waals surface area contributed by atoms with Crippen LogP contribution in [0, 0.1) is 5.92 Å². The Labute approximate surface area is 184 Å². The minimum Gasteiger partial charge on any atom is -0.493 e. The second-order valence-electron chi connectivity index (χ2n) is 7.83. The Morgan fingerprint density at radius 1 is 1.03 bits per heavy atom. The van der Waals surface area contributed by atoms with E-state index in [1.54, 1.807) is 12.1 Å². The maximum Gasteiger partial charge on any atom is 0.251 e. The van der Waals surface area contributed by atoms with Gasteiger partial charge in [0, 0.05) is 31.2 Å². The van der Waals surface area contributed by atoms with E-state index in [4.69, 9.17) is 18.9 Å². The molecule has 0 radical (unpaired) electrons. The summed E-state index contributed by atoms with van der Waals surface area (Å²) in [6.45, 7) is 7.93. The second kappa shape index (κ2) is 12.4. The summed E-state index contributed by atoms with van der Waals surface area (Å²) in [4.78, 5) is 27.3. The van der Waals surface area contributed by atoms with Gasteiger partial charge >= 0.3 is 0 Å². The van der Waals surface area contributed by atoms with Crippen LogP contribution in [0.4, 0.5) is 0 Å². The van der Waals surface area contributed by atoms with Gasteiger partial charge < -0.3 is 29.6 Å². The van der Waals surface area contributed by atoms with Crippen LogP contribution in [0.3, 0.4) is 0 Å². The lowest BCUT2D eigenvalue weighted by atomic mass is 10.0. The van der Waals surface area contributed by atoms with Gasteiger partial charge in [0.15, 0.2) is 11.5 Å². The van der Waals surface area contributed by atoms with Crippen molar-refractivity contribution >= 4 is 11.8 Å². The Kier molecular flexibility index (Phi) is 9.87. The van der Waals surface area contributed by atoms with E-state index in [9.17, 15) is 9.59 Å². The number of carbonyl (C=O) groups excluding carboxylic acids is 2. The summed E-state index contributed by atoms with van der Waals surface area (Å²) in [5.74, 6) is 1.03. The van der Waals surface area contributed by atoms with Gasteiger partial charge in [-0.3, -0.25) is 14.5 Å². The Hall–Kier alpha value is -2.52. The van der Waals surface area contributed by atoms with Gasteiger partial charge in [-0.1, -0.05) is 13.8 Å². The molecule has 1 atom stereocenters. The fourth-order valence-corrected chi connectivity index (χ4v) is 3.62.